The number of nitrogens with one attached hydrogen (secondary N) is 3. The van der Waals surface area contributed by atoms with Gasteiger partial charge in [-0.3, -0.25) is 4.99 Å². The number of urea groups is 1. The maximum atomic E-state index is 11.7. The van der Waals surface area contributed by atoms with Crippen molar-refractivity contribution >= 4 is 41.7 Å². The lowest BCUT2D eigenvalue weighted by Gasteiger charge is -2.33. The lowest BCUT2D eigenvalue weighted by atomic mass is 10.0. The first-order valence-electron chi connectivity index (χ1n) is 9.10. The average Bonchev–Trinajstić information content (AvgIpc) is 2.56. The zero-order valence-corrected chi connectivity index (χ0v) is 18.5. The Kier molecular flexibility index (Phi) is 9.75. The van der Waals surface area contributed by atoms with E-state index >= 15 is 0 Å². The van der Waals surface area contributed by atoms with Crippen LogP contribution >= 0.6 is 24.0 Å². The van der Waals surface area contributed by atoms with Crippen LogP contribution in [0, 0.1) is 5.92 Å². The maximum Gasteiger partial charge on any atom is 0.319 e. The highest BCUT2D eigenvalue weighted by atomic mass is 127. The minimum atomic E-state index is -0.180. The number of benzene rings is 1. The summed E-state index contributed by atoms with van der Waals surface area (Å²) in [5.41, 5.74) is 1.94. The molecule has 26 heavy (non-hydrogen) atoms. The lowest BCUT2D eigenvalue weighted by Crippen LogP contribution is -2.45. The highest BCUT2D eigenvalue weighted by Crippen LogP contribution is 2.15. The van der Waals surface area contributed by atoms with Crippen LogP contribution in [0.4, 0.5) is 10.5 Å². The molecule has 1 aromatic rings. The normalized spacial score (nSPS) is 17.5. The Morgan fingerprint density at radius 2 is 2.00 bits per heavy atom. The van der Waals surface area contributed by atoms with Crippen molar-refractivity contribution in [3.05, 3.63) is 29.8 Å². The van der Waals surface area contributed by atoms with E-state index in [9.17, 15) is 4.79 Å². The Balaban J connectivity index is 0.00000338. The summed E-state index contributed by atoms with van der Waals surface area (Å²) >= 11 is 0. The first kappa shape index (κ1) is 22.5. The first-order chi connectivity index (χ1) is 12.0. The molecule has 6 nitrogen and oxygen atoms in total. The second-order valence-corrected chi connectivity index (χ2v) is 7.04. The third-order valence-corrected chi connectivity index (χ3v) is 4.25. The summed E-state index contributed by atoms with van der Waals surface area (Å²) in [5.74, 6) is 1.68. The number of nitrogens with zero attached hydrogens (tertiary/aromatic N) is 2. The number of carbonyl (C=O) groups excluding carboxylic acids is 1. The van der Waals surface area contributed by atoms with E-state index in [0.29, 0.717) is 0 Å². The summed E-state index contributed by atoms with van der Waals surface area (Å²) in [6, 6.07) is 7.81. The molecule has 3 N–H and O–H groups in total. The van der Waals surface area contributed by atoms with Crippen molar-refractivity contribution in [2.75, 3.05) is 25.5 Å². The zero-order valence-electron chi connectivity index (χ0n) is 16.2. The van der Waals surface area contributed by atoms with Crippen LogP contribution in [0.1, 0.15) is 39.2 Å². The lowest BCUT2D eigenvalue weighted by molar-refractivity contribution is 0.250. The van der Waals surface area contributed by atoms with Crippen LogP contribution in [0.2, 0.25) is 0 Å². The van der Waals surface area contributed by atoms with E-state index in [1.807, 2.05) is 45.2 Å². The number of anilines is 1. The van der Waals surface area contributed by atoms with E-state index in [1.165, 1.54) is 12.8 Å². The molecule has 1 aliphatic heterocycles. The van der Waals surface area contributed by atoms with Gasteiger partial charge in [0, 0.05) is 38.4 Å². The molecule has 1 unspecified atom stereocenters. The number of carbonyl (C=O) groups is 1. The number of rotatable bonds is 4. The van der Waals surface area contributed by atoms with Gasteiger partial charge in [0.05, 0.1) is 0 Å². The molecule has 1 fully saturated rings. The molecular formula is C19H32IN5O. The second-order valence-electron chi connectivity index (χ2n) is 7.04. The van der Waals surface area contributed by atoms with Crippen LogP contribution in [-0.2, 0) is 6.54 Å². The number of aliphatic imine (C=N–C) groups is 1. The number of hydrogen-bond donors (Lipinski definition) is 3. The summed E-state index contributed by atoms with van der Waals surface area (Å²) < 4.78 is 0. The van der Waals surface area contributed by atoms with Crippen LogP contribution in [0.25, 0.3) is 0 Å². The Bertz CT molecular complexity index is 588. The zero-order chi connectivity index (χ0) is 18.2. The van der Waals surface area contributed by atoms with Gasteiger partial charge in [0.2, 0.25) is 0 Å². The molecule has 0 saturated carbocycles. The number of piperidine rings is 1. The molecule has 2 amide bonds. The highest BCUT2D eigenvalue weighted by molar-refractivity contribution is 14.0. The minimum Gasteiger partial charge on any atom is -0.352 e. The van der Waals surface area contributed by atoms with Crippen LogP contribution in [0.3, 0.4) is 0 Å². The van der Waals surface area contributed by atoms with E-state index in [1.54, 1.807) is 0 Å². The van der Waals surface area contributed by atoms with Gasteiger partial charge in [0.15, 0.2) is 5.96 Å². The van der Waals surface area contributed by atoms with Crippen molar-refractivity contribution in [1.82, 2.24) is 15.5 Å². The molecular weight excluding hydrogens is 441 g/mol. The van der Waals surface area contributed by atoms with Crippen molar-refractivity contribution in [3.8, 4) is 0 Å². The topological polar surface area (TPSA) is 68.8 Å². The van der Waals surface area contributed by atoms with E-state index in [2.05, 4.69) is 32.8 Å². The summed E-state index contributed by atoms with van der Waals surface area (Å²) in [5, 5.41) is 9.08. The van der Waals surface area contributed by atoms with E-state index in [0.717, 1.165) is 42.8 Å². The number of amides is 2. The van der Waals surface area contributed by atoms with Crippen LogP contribution in [0.15, 0.2) is 29.3 Å². The fourth-order valence-corrected chi connectivity index (χ4v) is 3.03. The second kappa shape index (κ2) is 11.3. The van der Waals surface area contributed by atoms with Crippen molar-refractivity contribution in [1.29, 1.82) is 0 Å². The van der Waals surface area contributed by atoms with Gasteiger partial charge in [-0.1, -0.05) is 19.1 Å². The molecule has 1 aliphatic rings. The summed E-state index contributed by atoms with van der Waals surface area (Å²) in [7, 11) is 1.84. The Hall–Kier alpha value is -1.51. The number of hydrogen-bond acceptors (Lipinski definition) is 2. The Morgan fingerprint density at radius 3 is 2.58 bits per heavy atom. The third-order valence-electron chi connectivity index (χ3n) is 4.25. The predicted octanol–water partition coefficient (Wildman–Crippen LogP) is 3.64. The smallest absolute Gasteiger partial charge is 0.319 e. The molecule has 1 atom stereocenters. The standard InChI is InChI=1S/C19H31N5O.HI/c1-14(2)22-19(25)23-17-9-7-16(8-10-17)12-21-18(20-4)24-11-5-6-15(3)13-24;/h7-10,14-15H,5-6,11-13H2,1-4H3,(H,20,21)(H2,22,23,25);1H. The molecule has 1 saturated heterocycles. The number of likely N-dealkylation sites (tertiary alicyclic amines) is 1. The summed E-state index contributed by atoms with van der Waals surface area (Å²) in [4.78, 5) is 18.5. The molecule has 0 aromatic heterocycles. The van der Waals surface area contributed by atoms with Crippen LogP contribution in [0.5, 0.6) is 0 Å². The predicted molar refractivity (Wildman–Crippen MR) is 119 cm³/mol. The Morgan fingerprint density at radius 1 is 1.31 bits per heavy atom. The van der Waals surface area contributed by atoms with Crippen LogP contribution in [-0.4, -0.2) is 43.1 Å². The van der Waals surface area contributed by atoms with Gasteiger partial charge in [-0.25, -0.2) is 4.79 Å². The molecule has 0 radical (unpaired) electrons. The van der Waals surface area contributed by atoms with E-state index < -0.39 is 0 Å². The SMILES string of the molecule is CN=C(NCc1ccc(NC(=O)NC(C)C)cc1)N1CCCC(C)C1.I. The van der Waals surface area contributed by atoms with Crippen molar-refractivity contribution < 1.29 is 4.79 Å². The Labute approximate surface area is 174 Å². The fraction of sp³-hybridized carbons (Fsp3) is 0.579. The molecule has 146 valence electrons. The van der Waals surface area contributed by atoms with E-state index in [4.69, 9.17) is 0 Å². The average molecular weight is 473 g/mol. The fourth-order valence-electron chi connectivity index (χ4n) is 3.03. The first-order valence-corrected chi connectivity index (χ1v) is 9.10. The monoisotopic (exact) mass is 473 g/mol. The van der Waals surface area contributed by atoms with Gasteiger partial charge in [0.1, 0.15) is 0 Å². The summed E-state index contributed by atoms with van der Waals surface area (Å²) in [6.07, 6.45) is 2.52. The van der Waals surface area contributed by atoms with Gasteiger partial charge < -0.3 is 20.9 Å². The molecule has 1 aromatic carbocycles. The van der Waals surface area contributed by atoms with Gasteiger partial charge >= 0.3 is 6.03 Å². The van der Waals surface area contributed by atoms with Crippen molar-refractivity contribution in [2.24, 2.45) is 10.9 Å². The van der Waals surface area contributed by atoms with Crippen molar-refractivity contribution in [2.45, 2.75) is 46.2 Å². The molecule has 2 rings (SSSR count). The summed E-state index contributed by atoms with van der Waals surface area (Å²) in [6.45, 7) is 9.01. The third kappa shape index (κ3) is 7.39. The van der Waals surface area contributed by atoms with Crippen LogP contribution < -0.4 is 16.0 Å². The maximum absolute atomic E-state index is 11.7. The van der Waals surface area contributed by atoms with Crippen molar-refractivity contribution in [3.63, 3.8) is 0 Å². The molecule has 0 aliphatic carbocycles. The van der Waals surface area contributed by atoms with E-state index in [-0.39, 0.29) is 36.0 Å². The van der Waals surface area contributed by atoms with Gasteiger partial charge in [0.25, 0.3) is 0 Å². The largest absolute Gasteiger partial charge is 0.352 e. The van der Waals surface area contributed by atoms with Gasteiger partial charge in [-0.2, -0.15) is 0 Å². The molecule has 1 heterocycles. The van der Waals surface area contributed by atoms with Gasteiger partial charge in [-0.15, -0.1) is 24.0 Å². The molecule has 0 spiro atoms. The minimum absolute atomic E-state index is 0. The highest BCUT2D eigenvalue weighted by Gasteiger charge is 2.18. The molecule has 7 heteroatoms. The quantitative estimate of drug-likeness (QED) is 0.356. The number of guanidine groups is 1. The molecule has 0 bridgehead atoms. The number of halogens is 1. The van der Waals surface area contributed by atoms with Gasteiger partial charge in [-0.05, 0) is 50.3 Å².